The zero-order valence-corrected chi connectivity index (χ0v) is 8.19. The Morgan fingerprint density at radius 3 is 2.50 bits per heavy atom. The Hall–Kier alpha value is -0.850. The number of aliphatic hydroxyl groups is 1. The Morgan fingerprint density at radius 1 is 1.36 bits per heavy atom. The number of aliphatic hydroxyl groups excluding tert-OH is 1. The minimum absolute atomic E-state index is 0.220. The van der Waals surface area contributed by atoms with Crippen molar-refractivity contribution < 1.29 is 14.7 Å². The van der Waals surface area contributed by atoms with Crippen molar-refractivity contribution in [2.24, 2.45) is 5.73 Å². The minimum atomic E-state index is -0.756. The number of primary amides is 1. The molecule has 1 rings (SSSR count). The maximum absolute atomic E-state index is 10.4. The monoisotopic (exact) mass is 203 g/mol. The lowest BCUT2D eigenvalue weighted by molar-refractivity contribution is -0.120. The van der Waals surface area contributed by atoms with E-state index in [-0.39, 0.29) is 6.61 Å². The third-order valence-electron chi connectivity index (χ3n) is 2.18. The van der Waals surface area contributed by atoms with Gasteiger partial charge in [-0.3, -0.25) is 0 Å². The van der Waals surface area contributed by atoms with Gasteiger partial charge < -0.3 is 20.6 Å². The first-order valence-electron chi connectivity index (χ1n) is 4.78. The van der Waals surface area contributed by atoms with E-state index in [1.165, 1.54) is 0 Å². The number of amides is 1. The molecule has 1 saturated heterocycles. The van der Waals surface area contributed by atoms with Crippen molar-refractivity contribution in [1.82, 2.24) is 9.96 Å². The second kappa shape index (κ2) is 5.79. The van der Waals surface area contributed by atoms with Crippen molar-refractivity contribution in [2.45, 2.75) is 6.42 Å². The third-order valence-corrected chi connectivity index (χ3v) is 2.18. The first-order valence-corrected chi connectivity index (χ1v) is 4.78. The predicted octanol–water partition coefficient (Wildman–Crippen LogP) is -1.00. The van der Waals surface area contributed by atoms with Gasteiger partial charge in [0, 0.05) is 39.3 Å². The second-order valence-electron chi connectivity index (χ2n) is 3.26. The number of nitrogens with zero attached hydrogens (tertiary/aromatic N) is 2. The van der Waals surface area contributed by atoms with Crippen LogP contribution in [0.5, 0.6) is 0 Å². The number of carbonyl (C=O) groups is 1. The third kappa shape index (κ3) is 3.91. The highest BCUT2D eigenvalue weighted by atomic mass is 16.7. The maximum Gasteiger partial charge on any atom is 0.423 e. The van der Waals surface area contributed by atoms with Crippen LogP contribution < -0.4 is 5.73 Å². The maximum atomic E-state index is 10.4. The van der Waals surface area contributed by atoms with E-state index in [4.69, 9.17) is 15.7 Å². The van der Waals surface area contributed by atoms with Gasteiger partial charge in [-0.2, -0.15) is 0 Å². The predicted molar refractivity (Wildman–Crippen MR) is 50.4 cm³/mol. The van der Waals surface area contributed by atoms with Crippen LogP contribution in [-0.4, -0.2) is 60.5 Å². The van der Waals surface area contributed by atoms with Crippen LogP contribution in [0.25, 0.3) is 0 Å². The summed E-state index contributed by atoms with van der Waals surface area (Å²) in [5.74, 6) is 0. The molecule has 1 amide bonds. The Balaban J connectivity index is 2.14. The van der Waals surface area contributed by atoms with Gasteiger partial charge in [0.1, 0.15) is 0 Å². The van der Waals surface area contributed by atoms with Crippen LogP contribution in [0, 0.1) is 0 Å². The van der Waals surface area contributed by atoms with E-state index < -0.39 is 6.09 Å². The zero-order chi connectivity index (χ0) is 10.4. The lowest BCUT2D eigenvalue weighted by Crippen LogP contribution is -2.47. The molecule has 6 heteroatoms. The van der Waals surface area contributed by atoms with E-state index in [0.717, 1.165) is 26.1 Å². The first kappa shape index (κ1) is 11.2. The molecule has 1 fully saturated rings. The summed E-state index contributed by atoms with van der Waals surface area (Å²) in [7, 11) is 0. The average molecular weight is 203 g/mol. The fraction of sp³-hybridized carbons (Fsp3) is 0.875. The normalized spacial score (nSPS) is 19.5. The van der Waals surface area contributed by atoms with Crippen LogP contribution in [0.3, 0.4) is 0 Å². The highest BCUT2D eigenvalue weighted by Crippen LogP contribution is 2.02. The summed E-state index contributed by atoms with van der Waals surface area (Å²) >= 11 is 0. The molecule has 0 spiro atoms. The summed E-state index contributed by atoms with van der Waals surface area (Å²) in [5, 5.41) is 10.2. The van der Waals surface area contributed by atoms with E-state index in [1.807, 2.05) is 0 Å². The number of piperazine rings is 1. The number of hydroxylamine groups is 2. The van der Waals surface area contributed by atoms with Gasteiger partial charge in [0.05, 0.1) is 0 Å². The highest BCUT2D eigenvalue weighted by molar-refractivity contribution is 5.64. The minimum Gasteiger partial charge on any atom is -0.396 e. The molecule has 0 atom stereocenters. The molecule has 1 heterocycles. The van der Waals surface area contributed by atoms with Gasteiger partial charge in [-0.25, -0.2) is 4.79 Å². The second-order valence-corrected chi connectivity index (χ2v) is 3.26. The van der Waals surface area contributed by atoms with Gasteiger partial charge in [-0.15, -0.1) is 5.06 Å². The van der Waals surface area contributed by atoms with Crippen molar-refractivity contribution >= 4 is 6.09 Å². The summed E-state index contributed by atoms with van der Waals surface area (Å²) in [6.07, 6.45) is 0.0326. The van der Waals surface area contributed by atoms with E-state index in [0.29, 0.717) is 13.1 Å². The number of rotatable bonds is 4. The number of hydrogen-bond donors (Lipinski definition) is 2. The highest BCUT2D eigenvalue weighted by Gasteiger charge is 2.18. The number of hydrogen-bond acceptors (Lipinski definition) is 5. The molecule has 0 unspecified atom stereocenters. The van der Waals surface area contributed by atoms with Crippen LogP contribution in [-0.2, 0) is 4.84 Å². The Labute approximate surface area is 83.2 Å². The van der Waals surface area contributed by atoms with Crippen molar-refractivity contribution in [3.63, 3.8) is 0 Å². The quantitative estimate of drug-likeness (QED) is 0.612. The fourth-order valence-corrected chi connectivity index (χ4v) is 1.47. The van der Waals surface area contributed by atoms with Crippen LogP contribution in [0.4, 0.5) is 4.79 Å². The molecule has 0 bridgehead atoms. The zero-order valence-electron chi connectivity index (χ0n) is 8.19. The lowest BCUT2D eigenvalue weighted by Gasteiger charge is -2.32. The molecule has 82 valence electrons. The molecular formula is C8H17N3O3. The van der Waals surface area contributed by atoms with Crippen LogP contribution in [0.1, 0.15) is 6.42 Å². The summed E-state index contributed by atoms with van der Waals surface area (Å²) in [4.78, 5) is 17.4. The SMILES string of the molecule is NC(=O)ON1CCN(CCCO)CC1. The van der Waals surface area contributed by atoms with Crippen LogP contribution in [0.15, 0.2) is 0 Å². The van der Waals surface area contributed by atoms with Crippen molar-refractivity contribution in [2.75, 3.05) is 39.3 Å². The van der Waals surface area contributed by atoms with Gasteiger partial charge in [0.25, 0.3) is 0 Å². The molecule has 0 aromatic heterocycles. The molecule has 3 N–H and O–H groups in total. The molecule has 1 aliphatic heterocycles. The molecule has 0 radical (unpaired) electrons. The Bertz CT molecular complexity index is 181. The van der Waals surface area contributed by atoms with Crippen molar-refractivity contribution in [3.8, 4) is 0 Å². The van der Waals surface area contributed by atoms with E-state index in [9.17, 15) is 4.79 Å². The summed E-state index contributed by atoms with van der Waals surface area (Å²) in [6.45, 7) is 4.14. The Morgan fingerprint density at radius 2 is 2.00 bits per heavy atom. The summed E-state index contributed by atoms with van der Waals surface area (Å²) < 4.78 is 0. The molecule has 0 aromatic rings. The summed E-state index contributed by atoms with van der Waals surface area (Å²) in [6, 6.07) is 0. The van der Waals surface area contributed by atoms with Crippen LogP contribution in [0.2, 0.25) is 0 Å². The molecular weight excluding hydrogens is 186 g/mol. The van der Waals surface area contributed by atoms with E-state index in [2.05, 4.69) is 4.90 Å². The molecule has 0 aromatic carbocycles. The lowest BCUT2D eigenvalue weighted by atomic mass is 10.3. The molecule has 1 aliphatic rings. The summed E-state index contributed by atoms with van der Waals surface area (Å²) in [5.41, 5.74) is 4.89. The van der Waals surface area contributed by atoms with Gasteiger partial charge in [-0.05, 0) is 6.42 Å². The number of nitrogens with two attached hydrogens (primary N) is 1. The molecule has 0 saturated carbocycles. The standard InChI is InChI=1S/C8H17N3O3/c9-8(13)14-11-5-3-10(4-6-11)2-1-7-12/h12H,1-7H2,(H2,9,13). The van der Waals surface area contributed by atoms with Gasteiger partial charge in [0.2, 0.25) is 0 Å². The van der Waals surface area contributed by atoms with Gasteiger partial charge >= 0.3 is 6.09 Å². The van der Waals surface area contributed by atoms with Crippen molar-refractivity contribution in [3.05, 3.63) is 0 Å². The fourth-order valence-electron chi connectivity index (χ4n) is 1.47. The Kier molecular flexibility index (Phi) is 4.64. The smallest absolute Gasteiger partial charge is 0.396 e. The van der Waals surface area contributed by atoms with Crippen LogP contribution >= 0.6 is 0 Å². The molecule has 14 heavy (non-hydrogen) atoms. The number of carbonyl (C=O) groups excluding carboxylic acids is 1. The van der Waals surface area contributed by atoms with E-state index >= 15 is 0 Å². The first-order chi connectivity index (χ1) is 6.72. The van der Waals surface area contributed by atoms with E-state index in [1.54, 1.807) is 5.06 Å². The average Bonchev–Trinajstić information content (AvgIpc) is 2.16. The molecule has 0 aliphatic carbocycles. The largest absolute Gasteiger partial charge is 0.423 e. The molecule has 6 nitrogen and oxygen atoms in total. The van der Waals surface area contributed by atoms with Gasteiger partial charge in [-0.1, -0.05) is 0 Å². The van der Waals surface area contributed by atoms with Crippen molar-refractivity contribution in [1.29, 1.82) is 0 Å². The topological polar surface area (TPSA) is 79.0 Å². The van der Waals surface area contributed by atoms with Gasteiger partial charge in [0.15, 0.2) is 0 Å².